The molecule has 0 bridgehead atoms. The number of hydrazone groups is 1. The summed E-state index contributed by atoms with van der Waals surface area (Å²) in [5.41, 5.74) is 6.81. The number of nitrogens with one attached hydrogen (secondary N) is 2. The Bertz CT molecular complexity index is 1370. The van der Waals surface area contributed by atoms with Crippen molar-refractivity contribution >= 4 is 40.5 Å². The Balaban J connectivity index is 1.57. The van der Waals surface area contributed by atoms with Gasteiger partial charge in [-0.15, -0.1) is 0 Å². The van der Waals surface area contributed by atoms with E-state index in [0.29, 0.717) is 41.1 Å². The highest BCUT2D eigenvalue weighted by molar-refractivity contribution is 6.32. The largest absolute Gasteiger partial charge is 0.455 e. The number of anilines is 1. The molecule has 1 aliphatic rings. The van der Waals surface area contributed by atoms with Gasteiger partial charge in [0.2, 0.25) is 0 Å². The molecule has 0 unspecified atom stereocenters. The number of nitro groups is 1. The predicted octanol–water partition coefficient (Wildman–Crippen LogP) is 5.49. The molecule has 0 spiro atoms. The summed E-state index contributed by atoms with van der Waals surface area (Å²) in [7, 11) is 0. The van der Waals surface area contributed by atoms with Gasteiger partial charge in [0.25, 0.3) is 17.5 Å². The fourth-order valence-electron chi connectivity index (χ4n) is 4.21. The Morgan fingerprint density at radius 1 is 1.06 bits per heavy atom. The van der Waals surface area contributed by atoms with Crippen LogP contribution in [-0.4, -0.2) is 22.4 Å². The second-order valence-corrected chi connectivity index (χ2v) is 8.87. The Morgan fingerprint density at radius 3 is 2.46 bits per heavy atom. The van der Waals surface area contributed by atoms with Crippen molar-refractivity contribution in [3.63, 3.8) is 0 Å². The van der Waals surface area contributed by atoms with Gasteiger partial charge in [0, 0.05) is 34.9 Å². The van der Waals surface area contributed by atoms with Crippen LogP contribution >= 0.6 is 11.6 Å². The first kappa shape index (κ1) is 24.2. The number of amides is 2. The number of aryl methyl sites for hydroxylation is 3. The molecule has 180 valence electrons. The van der Waals surface area contributed by atoms with Crippen LogP contribution < -0.4 is 10.7 Å². The smallest absolute Gasteiger partial charge is 0.291 e. The summed E-state index contributed by atoms with van der Waals surface area (Å²) in [6.45, 7) is 5.70. The number of carbonyl (C=O) groups excluding carboxylic acids is 2. The highest BCUT2D eigenvalue weighted by Gasteiger charge is 2.28. The predicted molar refractivity (Wildman–Crippen MR) is 132 cm³/mol. The number of furan rings is 1. The number of halogens is 1. The third-order valence-corrected chi connectivity index (χ3v) is 6.03. The van der Waals surface area contributed by atoms with Crippen molar-refractivity contribution in [1.82, 2.24) is 5.43 Å². The molecule has 0 fully saturated rings. The van der Waals surface area contributed by atoms with Gasteiger partial charge in [-0.2, -0.15) is 5.10 Å². The van der Waals surface area contributed by atoms with Gasteiger partial charge in [0.05, 0.1) is 10.6 Å². The average Bonchev–Trinajstić information content (AvgIpc) is 3.14. The third kappa shape index (κ3) is 5.09. The van der Waals surface area contributed by atoms with Gasteiger partial charge in [-0.3, -0.25) is 19.7 Å². The minimum absolute atomic E-state index is 0.0545. The summed E-state index contributed by atoms with van der Waals surface area (Å²) in [6.07, 6.45) is 1.95. The summed E-state index contributed by atoms with van der Waals surface area (Å²) in [5, 5.41) is 18.2. The number of nitro benzene ring substituents is 1. The number of carbonyl (C=O) groups is 2. The molecule has 2 amide bonds. The SMILES string of the molecule is Cc1cc(C)cc(NC(=O)c2oc3c(c2C)/C(=N/NC(=O)c2ccc(Cl)c([N+](=O)[O-])c2)CCC3)c1. The Hall–Kier alpha value is -3.98. The first-order chi connectivity index (χ1) is 16.6. The maximum Gasteiger partial charge on any atom is 0.291 e. The molecule has 3 aromatic rings. The van der Waals surface area contributed by atoms with E-state index in [4.69, 9.17) is 16.0 Å². The van der Waals surface area contributed by atoms with E-state index in [1.165, 1.54) is 12.1 Å². The summed E-state index contributed by atoms with van der Waals surface area (Å²) >= 11 is 5.82. The molecule has 0 aliphatic heterocycles. The molecule has 1 aliphatic carbocycles. The van der Waals surface area contributed by atoms with Crippen molar-refractivity contribution in [3.05, 3.63) is 90.9 Å². The fourth-order valence-corrected chi connectivity index (χ4v) is 4.39. The highest BCUT2D eigenvalue weighted by Crippen LogP contribution is 2.31. The molecule has 35 heavy (non-hydrogen) atoms. The van der Waals surface area contributed by atoms with Crippen LogP contribution in [0, 0.1) is 30.9 Å². The van der Waals surface area contributed by atoms with Crippen molar-refractivity contribution in [2.75, 3.05) is 5.32 Å². The minimum Gasteiger partial charge on any atom is -0.455 e. The summed E-state index contributed by atoms with van der Waals surface area (Å²) in [5.74, 6) is -0.144. The van der Waals surface area contributed by atoms with Gasteiger partial charge >= 0.3 is 0 Å². The van der Waals surface area contributed by atoms with Gasteiger partial charge < -0.3 is 9.73 Å². The van der Waals surface area contributed by atoms with Crippen LogP contribution in [0.3, 0.4) is 0 Å². The van der Waals surface area contributed by atoms with Gasteiger partial charge in [0.1, 0.15) is 10.8 Å². The Kier molecular flexibility index (Phi) is 6.70. The quantitative estimate of drug-likeness (QED) is 0.358. The van der Waals surface area contributed by atoms with E-state index < -0.39 is 10.8 Å². The fraction of sp³-hybridized carbons (Fsp3) is 0.240. The van der Waals surface area contributed by atoms with Crippen molar-refractivity contribution < 1.29 is 18.9 Å². The normalized spacial score (nSPS) is 13.9. The van der Waals surface area contributed by atoms with E-state index >= 15 is 0 Å². The monoisotopic (exact) mass is 494 g/mol. The molecule has 0 atom stereocenters. The van der Waals surface area contributed by atoms with Crippen molar-refractivity contribution in [2.24, 2.45) is 5.10 Å². The summed E-state index contributed by atoms with van der Waals surface area (Å²) in [4.78, 5) is 36.0. The van der Waals surface area contributed by atoms with Crippen LogP contribution in [0.15, 0.2) is 45.9 Å². The standard InChI is InChI=1S/C25H23ClN4O5/c1-13-9-14(2)11-17(10-13)27-25(32)23-15(3)22-19(5-4-6-21(22)35-23)28-29-24(31)16-7-8-18(26)20(12-16)30(33)34/h7-12H,4-6H2,1-3H3,(H,27,32)(H,29,31)/b28-19+. The summed E-state index contributed by atoms with van der Waals surface area (Å²) in [6, 6.07) is 9.56. The van der Waals surface area contributed by atoms with Crippen LogP contribution in [-0.2, 0) is 6.42 Å². The zero-order valence-electron chi connectivity index (χ0n) is 19.4. The molecule has 10 heteroatoms. The highest BCUT2D eigenvalue weighted by atomic mass is 35.5. The number of fused-ring (bicyclic) bond motifs is 1. The first-order valence-corrected chi connectivity index (χ1v) is 11.3. The second-order valence-electron chi connectivity index (χ2n) is 8.46. The number of hydrogen-bond donors (Lipinski definition) is 2. The van der Waals surface area contributed by atoms with Gasteiger partial charge in [-0.05, 0) is 69.0 Å². The van der Waals surface area contributed by atoms with E-state index in [0.717, 1.165) is 23.6 Å². The summed E-state index contributed by atoms with van der Waals surface area (Å²) < 4.78 is 5.91. The third-order valence-electron chi connectivity index (χ3n) is 5.71. The number of benzene rings is 2. The molecular weight excluding hydrogens is 472 g/mol. The Morgan fingerprint density at radius 2 is 1.77 bits per heavy atom. The van der Waals surface area contributed by atoms with Crippen LogP contribution in [0.5, 0.6) is 0 Å². The molecule has 0 radical (unpaired) electrons. The van der Waals surface area contributed by atoms with Crippen molar-refractivity contribution in [1.29, 1.82) is 0 Å². The zero-order valence-corrected chi connectivity index (χ0v) is 20.2. The van der Waals surface area contributed by atoms with E-state index in [1.807, 2.05) is 32.0 Å². The van der Waals surface area contributed by atoms with Gasteiger partial charge in [0.15, 0.2) is 5.76 Å². The van der Waals surface area contributed by atoms with E-state index in [-0.39, 0.29) is 27.9 Å². The van der Waals surface area contributed by atoms with Crippen LogP contribution in [0.1, 0.15) is 61.8 Å². The number of rotatable bonds is 5. The van der Waals surface area contributed by atoms with Crippen molar-refractivity contribution in [2.45, 2.75) is 40.0 Å². The maximum absolute atomic E-state index is 13.0. The van der Waals surface area contributed by atoms with E-state index in [1.54, 1.807) is 6.92 Å². The maximum atomic E-state index is 13.0. The molecular formula is C25H23ClN4O5. The molecule has 4 rings (SSSR count). The lowest BCUT2D eigenvalue weighted by atomic mass is 9.93. The zero-order chi connectivity index (χ0) is 25.3. The van der Waals surface area contributed by atoms with E-state index in [9.17, 15) is 19.7 Å². The lowest BCUT2D eigenvalue weighted by Crippen LogP contribution is -2.22. The van der Waals surface area contributed by atoms with Crippen LogP contribution in [0.2, 0.25) is 5.02 Å². The number of hydrogen-bond acceptors (Lipinski definition) is 6. The van der Waals surface area contributed by atoms with Gasteiger partial charge in [-0.1, -0.05) is 17.7 Å². The van der Waals surface area contributed by atoms with Crippen molar-refractivity contribution in [3.8, 4) is 0 Å². The molecule has 2 N–H and O–H groups in total. The molecule has 0 saturated carbocycles. The van der Waals surface area contributed by atoms with Crippen LogP contribution in [0.25, 0.3) is 0 Å². The molecule has 0 saturated heterocycles. The van der Waals surface area contributed by atoms with Gasteiger partial charge in [-0.25, -0.2) is 5.43 Å². The average molecular weight is 495 g/mol. The van der Waals surface area contributed by atoms with Crippen LogP contribution in [0.4, 0.5) is 11.4 Å². The molecule has 9 nitrogen and oxygen atoms in total. The lowest BCUT2D eigenvalue weighted by molar-refractivity contribution is -0.384. The Labute approximate surface area is 206 Å². The van der Waals surface area contributed by atoms with E-state index in [2.05, 4.69) is 15.8 Å². The second kappa shape index (κ2) is 9.71. The lowest BCUT2D eigenvalue weighted by Gasteiger charge is -2.13. The number of nitrogens with zero attached hydrogens (tertiary/aromatic N) is 2. The molecule has 2 aromatic carbocycles. The molecule has 1 aromatic heterocycles. The molecule has 1 heterocycles. The minimum atomic E-state index is -0.655. The first-order valence-electron chi connectivity index (χ1n) is 11.0. The topological polar surface area (TPSA) is 127 Å².